The van der Waals surface area contributed by atoms with Crippen LogP contribution in [0.15, 0.2) is 70.3 Å². The molecule has 5 nitrogen and oxygen atoms in total. The number of rotatable bonds is 6. The molecule has 8 heteroatoms. The van der Waals surface area contributed by atoms with Crippen molar-refractivity contribution in [1.29, 1.82) is 0 Å². The summed E-state index contributed by atoms with van der Waals surface area (Å²) in [6.07, 6.45) is -4.77. The van der Waals surface area contributed by atoms with Gasteiger partial charge in [-0.05, 0) is 36.8 Å². The normalized spacial score (nSPS) is 12.6. The monoisotopic (exact) mass is 376 g/mol. The lowest BCUT2D eigenvalue weighted by Gasteiger charge is -2.32. The molecule has 0 aliphatic carbocycles. The van der Waals surface area contributed by atoms with Gasteiger partial charge in [0.15, 0.2) is 0 Å². The van der Waals surface area contributed by atoms with Crippen molar-refractivity contribution in [3.63, 3.8) is 0 Å². The van der Waals surface area contributed by atoms with Crippen molar-refractivity contribution in [3.8, 4) is 5.75 Å². The highest BCUT2D eigenvalue weighted by atomic mass is 19.4. The van der Waals surface area contributed by atoms with Crippen molar-refractivity contribution in [3.05, 3.63) is 86.7 Å². The van der Waals surface area contributed by atoms with E-state index in [0.717, 1.165) is 17.7 Å². The Morgan fingerprint density at radius 1 is 1.00 bits per heavy atom. The second-order valence-corrected chi connectivity index (χ2v) is 5.86. The van der Waals surface area contributed by atoms with Gasteiger partial charge in [-0.2, -0.15) is 0 Å². The number of hydrogen-bond donors (Lipinski definition) is 1. The maximum atomic E-state index is 12.3. The second-order valence-electron chi connectivity index (χ2n) is 5.86. The SMILES string of the molecule is CC(c1ccccc1)N(Nc1ccc(OC(F)(F)F)cc1)c1cc(=O)c1=O. The van der Waals surface area contributed by atoms with E-state index < -0.39 is 17.2 Å². The lowest BCUT2D eigenvalue weighted by atomic mass is 10.1. The summed E-state index contributed by atoms with van der Waals surface area (Å²) in [7, 11) is 0. The average Bonchev–Trinajstić information content (AvgIpc) is 2.64. The van der Waals surface area contributed by atoms with Crippen LogP contribution < -0.4 is 26.0 Å². The summed E-state index contributed by atoms with van der Waals surface area (Å²) in [5.74, 6) is -0.357. The van der Waals surface area contributed by atoms with Crippen LogP contribution in [0.25, 0.3) is 0 Å². The Morgan fingerprint density at radius 3 is 2.15 bits per heavy atom. The zero-order valence-corrected chi connectivity index (χ0v) is 14.2. The fraction of sp³-hybridized carbons (Fsp3) is 0.158. The predicted molar refractivity (Wildman–Crippen MR) is 95.4 cm³/mol. The van der Waals surface area contributed by atoms with Gasteiger partial charge in [-0.25, -0.2) is 0 Å². The van der Waals surface area contributed by atoms with Crippen LogP contribution >= 0.6 is 0 Å². The Labute approximate surface area is 152 Å². The third-order valence-corrected chi connectivity index (χ3v) is 3.99. The minimum Gasteiger partial charge on any atom is -0.406 e. The fourth-order valence-electron chi connectivity index (χ4n) is 2.60. The minimum atomic E-state index is -4.77. The van der Waals surface area contributed by atoms with Crippen molar-refractivity contribution in [2.45, 2.75) is 19.3 Å². The zero-order valence-electron chi connectivity index (χ0n) is 14.2. The van der Waals surface area contributed by atoms with Gasteiger partial charge in [0.25, 0.3) is 5.43 Å². The van der Waals surface area contributed by atoms with Crippen LogP contribution in [0, 0.1) is 0 Å². The highest BCUT2D eigenvalue weighted by Crippen LogP contribution is 2.28. The number of nitrogens with zero attached hydrogens (tertiary/aromatic N) is 1. The molecule has 0 bridgehead atoms. The molecule has 140 valence electrons. The number of nitrogens with one attached hydrogen (secondary N) is 1. The molecule has 0 saturated carbocycles. The highest BCUT2D eigenvalue weighted by Gasteiger charge is 2.31. The maximum absolute atomic E-state index is 12.3. The average molecular weight is 376 g/mol. The van der Waals surface area contributed by atoms with Crippen molar-refractivity contribution >= 4 is 11.4 Å². The molecular formula is C19H15F3N2O3. The molecule has 0 amide bonds. The molecule has 0 spiro atoms. The molecule has 0 aliphatic rings. The molecule has 27 heavy (non-hydrogen) atoms. The van der Waals surface area contributed by atoms with Gasteiger partial charge >= 0.3 is 6.36 Å². The Hall–Kier alpha value is -3.29. The van der Waals surface area contributed by atoms with Crippen molar-refractivity contribution < 1.29 is 17.9 Å². The first-order valence-electron chi connectivity index (χ1n) is 8.01. The number of anilines is 2. The zero-order chi connectivity index (χ0) is 19.6. The van der Waals surface area contributed by atoms with Crippen LogP contribution in [0.2, 0.25) is 0 Å². The van der Waals surface area contributed by atoms with E-state index in [2.05, 4.69) is 10.2 Å². The van der Waals surface area contributed by atoms with Gasteiger partial charge in [0.2, 0.25) is 5.43 Å². The summed E-state index contributed by atoms with van der Waals surface area (Å²) in [5, 5.41) is 1.51. The molecule has 0 radical (unpaired) electrons. The molecule has 1 N–H and O–H groups in total. The Bertz CT molecular complexity index is 978. The quantitative estimate of drug-likeness (QED) is 0.524. The smallest absolute Gasteiger partial charge is 0.406 e. The number of hydrazine groups is 1. The molecule has 3 rings (SSSR count). The minimum absolute atomic E-state index is 0.187. The molecule has 0 heterocycles. The van der Waals surface area contributed by atoms with E-state index >= 15 is 0 Å². The highest BCUT2D eigenvalue weighted by molar-refractivity contribution is 5.59. The van der Waals surface area contributed by atoms with Crippen LogP contribution in [0.1, 0.15) is 18.5 Å². The van der Waals surface area contributed by atoms with Crippen LogP contribution in [0.3, 0.4) is 0 Å². The van der Waals surface area contributed by atoms with Crippen LogP contribution in [0.4, 0.5) is 24.5 Å². The van der Waals surface area contributed by atoms with E-state index in [9.17, 15) is 22.8 Å². The first kappa shape index (κ1) is 18.5. The predicted octanol–water partition coefficient (Wildman–Crippen LogP) is 3.78. The van der Waals surface area contributed by atoms with E-state index in [4.69, 9.17) is 0 Å². The molecule has 0 aliphatic heterocycles. The fourth-order valence-corrected chi connectivity index (χ4v) is 2.60. The Morgan fingerprint density at radius 2 is 1.63 bits per heavy atom. The van der Waals surface area contributed by atoms with Gasteiger partial charge in [0.05, 0.1) is 11.7 Å². The molecule has 0 saturated heterocycles. The molecular weight excluding hydrogens is 361 g/mol. The molecule has 3 aromatic rings. The van der Waals surface area contributed by atoms with Crippen LogP contribution in [-0.2, 0) is 0 Å². The first-order valence-corrected chi connectivity index (χ1v) is 8.01. The maximum Gasteiger partial charge on any atom is 0.573 e. The second kappa shape index (κ2) is 7.14. The molecule has 1 atom stereocenters. The number of hydrogen-bond acceptors (Lipinski definition) is 5. The summed E-state index contributed by atoms with van der Waals surface area (Å²) in [6.45, 7) is 1.83. The van der Waals surface area contributed by atoms with Gasteiger partial charge in [-0.1, -0.05) is 30.3 Å². The van der Waals surface area contributed by atoms with Gasteiger partial charge in [0, 0.05) is 6.07 Å². The van der Waals surface area contributed by atoms with Gasteiger partial charge in [-0.3, -0.25) is 20.0 Å². The summed E-state index contributed by atoms with van der Waals surface area (Å²) < 4.78 is 40.6. The molecule has 3 aromatic carbocycles. The lowest BCUT2D eigenvalue weighted by molar-refractivity contribution is -0.274. The number of ether oxygens (including phenoxy) is 1. The van der Waals surface area contributed by atoms with E-state index in [0.29, 0.717) is 5.69 Å². The number of benzene rings is 2. The summed E-state index contributed by atoms with van der Waals surface area (Å²) in [4.78, 5) is 23.2. The lowest BCUT2D eigenvalue weighted by Crippen LogP contribution is -2.43. The summed E-state index contributed by atoms with van der Waals surface area (Å²) in [6, 6.07) is 15.3. The summed E-state index contributed by atoms with van der Waals surface area (Å²) in [5.41, 5.74) is 3.26. The third-order valence-electron chi connectivity index (χ3n) is 3.99. The van der Waals surface area contributed by atoms with E-state index in [1.165, 1.54) is 23.2 Å². The Balaban J connectivity index is 1.85. The van der Waals surface area contributed by atoms with Crippen molar-refractivity contribution in [2.24, 2.45) is 0 Å². The summed E-state index contributed by atoms with van der Waals surface area (Å²) >= 11 is 0. The molecule has 0 aromatic heterocycles. The number of halogens is 3. The van der Waals surface area contributed by atoms with E-state index in [1.807, 2.05) is 37.3 Å². The Kier molecular flexibility index (Phi) is 4.89. The van der Waals surface area contributed by atoms with Crippen LogP contribution in [-0.4, -0.2) is 6.36 Å². The van der Waals surface area contributed by atoms with Gasteiger partial charge in [0.1, 0.15) is 11.4 Å². The number of alkyl halides is 3. The first-order chi connectivity index (χ1) is 12.7. The van der Waals surface area contributed by atoms with Crippen molar-refractivity contribution in [1.82, 2.24) is 0 Å². The molecule has 0 fully saturated rings. The van der Waals surface area contributed by atoms with Gasteiger partial charge < -0.3 is 4.74 Å². The third kappa shape index (κ3) is 4.28. The van der Waals surface area contributed by atoms with Gasteiger partial charge in [-0.15, -0.1) is 13.2 Å². The van der Waals surface area contributed by atoms with E-state index in [-0.39, 0.29) is 17.5 Å². The largest absolute Gasteiger partial charge is 0.573 e. The standard InChI is InChI=1S/C19H15F3N2O3/c1-12(13-5-3-2-4-6-13)24(16-11-17(25)18(16)26)23-14-7-9-15(10-8-14)27-19(20,21)22/h2-12,23H,1H3. The van der Waals surface area contributed by atoms with Crippen molar-refractivity contribution in [2.75, 3.05) is 10.4 Å². The molecule has 1 unspecified atom stereocenters. The topological polar surface area (TPSA) is 58.6 Å². The van der Waals surface area contributed by atoms with Crippen LogP contribution in [0.5, 0.6) is 5.75 Å². The van der Waals surface area contributed by atoms with E-state index in [1.54, 1.807) is 0 Å².